The van der Waals surface area contributed by atoms with E-state index < -0.39 is 24.1 Å². The summed E-state index contributed by atoms with van der Waals surface area (Å²) in [6.07, 6.45) is 78.5. The molecule has 0 aromatic carbocycles. The molecule has 0 spiro atoms. The van der Waals surface area contributed by atoms with Crippen molar-refractivity contribution in [1.29, 1.82) is 0 Å². The molecule has 0 rings (SSSR count). The minimum atomic E-state index is -0.974. The Labute approximate surface area is 590 Å². The number of allylic oxidation sites excluding steroid dienone is 8. The van der Waals surface area contributed by atoms with Crippen molar-refractivity contribution in [3.8, 4) is 0 Å². The van der Waals surface area contributed by atoms with E-state index in [9.17, 15) is 28.8 Å². The average molecular weight is 1350 g/mol. The molecule has 12 heteroatoms. The quantitative estimate of drug-likeness (QED) is 0.0246. The first-order valence-electron chi connectivity index (χ1n) is 40.8. The van der Waals surface area contributed by atoms with Gasteiger partial charge in [0.25, 0.3) is 0 Å². The summed E-state index contributed by atoms with van der Waals surface area (Å²) in [6, 6.07) is 0. The van der Waals surface area contributed by atoms with Gasteiger partial charge in [-0.25, -0.2) is 0 Å². The molecule has 0 saturated heterocycles. The zero-order chi connectivity index (χ0) is 69.8. The predicted molar refractivity (Wildman–Crippen MR) is 400 cm³/mol. The van der Waals surface area contributed by atoms with Crippen LogP contribution in [0.5, 0.6) is 0 Å². The van der Waals surface area contributed by atoms with Crippen LogP contribution in [0, 0.1) is 0 Å². The lowest BCUT2D eigenvalue weighted by molar-refractivity contribution is -0.167. The van der Waals surface area contributed by atoms with Crippen molar-refractivity contribution in [2.45, 2.75) is 425 Å². The van der Waals surface area contributed by atoms with E-state index in [2.05, 4.69) is 76.3 Å². The van der Waals surface area contributed by atoms with Crippen molar-refractivity contribution in [2.75, 3.05) is 26.4 Å². The van der Waals surface area contributed by atoms with Crippen LogP contribution in [-0.2, 0) is 57.2 Å². The highest BCUT2D eigenvalue weighted by Gasteiger charge is 2.22. The van der Waals surface area contributed by atoms with Crippen molar-refractivity contribution in [1.82, 2.24) is 0 Å². The van der Waals surface area contributed by atoms with E-state index in [1.807, 2.05) is 0 Å². The molecule has 12 nitrogen and oxygen atoms in total. The van der Waals surface area contributed by atoms with Gasteiger partial charge in [0.15, 0.2) is 12.2 Å². The molecule has 0 N–H and O–H groups in total. The Morgan fingerprint density at radius 3 is 0.531 bits per heavy atom. The summed E-state index contributed by atoms with van der Waals surface area (Å²) in [7, 11) is 0. The van der Waals surface area contributed by atoms with Gasteiger partial charge in [-0.15, -0.1) is 0 Å². The minimum Gasteiger partial charge on any atom is -0.462 e. The number of ether oxygens (including phenoxy) is 6. The Bertz CT molecular complexity index is 1630. The molecule has 0 unspecified atom stereocenters. The molecular formula is C84H150O12. The second-order valence-corrected chi connectivity index (χ2v) is 27.5. The van der Waals surface area contributed by atoms with E-state index in [4.69, 9.17) is 28.4 Å². The SMILES string of the molecule is CCCCCCCC/C=C\CCCCCCCC(=O)OCC(COC(=O)CCCCCCC/C=C\CCCCCCCC)OC(=O)CCCCC(=O)OC(COC(=O)CCCCCCC/C=C\CCCCCCCC)COC(=O)CCCCCCC/C=C\CCCCCCCC. The van der Waals surface area contributed by atoms with Crippen LogP contribution in [0.25, 0.3) is 0 Å². The Morgan fingerprint density at radius 2 is 0.344 bits per heavy atom. The van der Waals surface area contributed by atoms with Gasteiger partial charge in [-0.05, 0) is 141 Å². The highest BCUT2D eigenvalue weighted by molar-refractivity contribution is 5.72. The Morgan fingerprint density at radius 1 is 0.198 bits per heavy atom. The number of hydrogen-bond acceptors (Lipinski definition) is 12. The molecular weight excluding hydrogens is 1200 g/mol. The van der Waals surface area contributed by atoms with Gasteiger partial charge in [0.05, 0.1) is 0 Å². The van der Waals surface area contributed by atoms with Crippen molar-refractivity contribution in [3.05, 3.63) is 48.6 Å². The van der Waals surface area contributed by atoms with Gasteiger partial charge < -0.3 is 28.4 Å². The van der Waals surface area contributed by atoms with Gasteiger partial charge in [-0.1, -0.05) is 282 Å². The van der Waals surface area contributed by atoms with E-state index in [1.165, 1.54) is 154 Å². The molecule has 558 valence electrons. The Hall–Kier alpha value is -4.22. The van der Waals surface area contributed by atoms with Gasteiger partial charge in [-0.3, -0.25) is 28.8 Å². The molecule has 0 aromatic heterocycles. The van der Waals surface area contributed by atoms with Crippen LogP contribution in [0.1, 0.15) is 413 Å². The standard InChI is InChI=1S/C84H150O12/c1-5-9-13-17-21-25-29-33-37-41-45-49-53-57-61-67-79(85)91-73-77(74-92-80(86)68-62-58-54-50-46-42-38-34-30-26-22-18-14-10-6-2)95-83(89)71-65-66-72-84(90)96-78(75-93-81(87)69-63-59-55-51-47-43-39-35-31-27-23-19-15-11-7-3)76-94-82(88)70-64-60-56-52-48-44-40-36-32-28-24-20-16-12-8-4/h33-40,77-78H,5-32,41-76H2,1-4H3/b37-33-,38-34-,39-35-,40-36-. The maximum absolute atomic E-state index is 13.2. The third-order valence-corrected chi connectivity index (χ3v) is 17.9. The largest absolute Gasteiger partial charge is 0.462 e. The van der Waals surface area contributed by atoms with Crippen LogP contribution < -0.4 is 0 Å². The Kier molecular flexibility index (Phi) is 73.2. The molecule has 0 amide bonds. The van der Waals surface area contributed by atoms with Crippen LogP contribution in [0.4, 0.5) is 0 Å². The van der Waals surface area contributed by atoms with E-state index in [0.717, 1.165) is 154 Å². The number of carbonyl (C=O) groups excluding carboxylic acids is 6. The summed E-state index contributed by atoms with van der Waals surface area (Å²) in [5, 5.41) is 0. The summed E-state index contributed by atoms with van der Waals surface area (Å²) < 4.78 is 33.8. The lowest BCUT2D eigenvalue weighted by Gasteiger charge is -2.19. The van der Waals surface area contributed by atoms with E-state index in [-0.39, 0.29) is 88.8 Å². The molecule has 0 aromatic rings. The molecule has 0 aliphatic heterocycles. The lowest BCUT2D eigenvalue weighted by atomic mass is 10.1. The molecule has 0 bridgehead atoms. The molecule has 0 fully saturated rings. The van der Waals surface area contributed by atoms with E-state index >= 15 is 0 Å². The maximum Gasteiger partial charge on any atom is 0.306 e. The first-order valence-corrected chi connectivity index (χ1v) is 40.8. The van der Waals surface area contributed by atoms with Crippen molar-refractivity contribution >= 4 is 35.8 Å². The predicted octanol–water partition coefficient (Wildman–Crippen LogP) is 24.7. The monoisotopic (exact) mass is 1350 g/mol. The Balaban J connectivity index is 5.22. The second-order valence-electron chi connectivity index (χ2n) is 27.5. The first-order chi connectivity index (χ1) is 47.1. The minimum absolute atomic E-state index is 0.0269. The third kappa shape index (κ3) is 72.5. The number of esters is 6. The van der Waals surface area contributed by atoms with Crippen LogP contribution in [0.15, 0.2) is 48.6 Å². The van der Waals surface area contributed by atoms with Crippen molar-refractivity contribution in [2.24, 2.45) is 0 Å². The van der Waals surface area contributed by atoms with E-state index in [1.54, 1.807) is 0 Å². The molecule has 0 radical (unpaired) electrons. The number of rotatable bonds is 75. The van der Waals surface area contributed by atoms with E-state index in [0.29, 0.717) is 38.5 Å². The molecule has 0 aliphatic carbocycles. The molecule has 0 saturated carbocycles. The first kappa shape index (κ1) is 91.8. The van der Waals surface area contributed by atoms with Gasteiger partial charge in [-0.2, -0.15) is 0 Å². The summed E-state index contributed by atoms with van der Waals surface area (Å²) in [4.78, 5) is 78.0. The second kappa shape index (κ2) is 76.5. The summed E-state index contributed by atoms with van der Waals surface area (Å²) in [6.45, 7) is 8.09. The lowest BCUT2D eigenvalue weighted by Crippen LogP contribution is -2.31. The van der Waals surface area contributed by atoms with Crippen molar-refractivity contribution in [3.63, 3.8) is 0 Å². The zero-order valence-electron chi connectivity index (χ0n) is 62.9. The highest BCUT2D eigenvalue weighted by Crippen LogP contribution is 2.18. The fourth-order valence-electron chi connectivity index (χ4n) is 11.7. The van der Waals surface area contributed by atoms with Gasteiger partial charge >= 0.3 is 35.8 Å². The van der Waals surface area contributed by atoms with Crippen LogP contribution in [0.2, 0.25) is 0 Å². The van der Waals surface area contributed by atoms with Gasteiger partial charge in [0.1, 0.15) is 26.4 Å². The average Bonchev–Trinajstić information content (AvgIpc) is 2.34. The molecule has 0 aliphatic rings. The molecule has 0 atom stereocenters. The number of hydrogen-bond donors (Lipinski definition) is 0. The summed E-state index contributed by atoms with van der Waals surface area (Å²) in [5.74, 6) is -2.66. The van der Waals surface area contributed by atoms with Gasteiger partial charge in [0, 0.05) is 38.5 Å². The zero-order valence-corrected chi connectivity index (χ0v) is 62.9. The third-order valence-electron chi connectivity index (χ3n) is 17.9. The van der Waals surface area contributed by atoms with Crippen LogP contribution >= 0.6 is 0 Å². The summed E-state index contributed by atoms with van der Waals surface area (Å²) in [5.41, 5.74) is 0. The van der Waals surface area contributed by atoms with Crippen LogP contribution in [-0.4, -0.2) is 74.5 Å². The fraction of sp³-hybridized carbons (Fsp3) is 0.833. The molecule has 0 heterocycles. The fourth-order valence-corrected chi connectivity index (χ4v) is 11.7. The van der Waals surface area contributed by atoms with Crippen LogP contribution in [0.3, 0.4) is 0 Å². The van der Waals surface area contributed by atoms with Crippen molar-refractivity contribution < 1.29 is 57.2 Å². The van der Waals surface area contributed by atoms with Gasteiger partial charge in [0.2, 0.25) is 0 Å². The topological polar surface area (TPSA) is 158 Å². The summed E-state index contributed by atoms with van der Waals surface area (Å²) >= 11 is 0. The highest BCUT2D eigenvalue weighted by atomic mass is 16.6. The molecule has 96 heavy (non-hydrogen) atoms. The number of unbranched alkanes of at least 4 members (excludes halogenated alkanes) is 45. The maximum atomic E-state index is 13.2. The smallest absolute Gasteiger partial charge is 0.306 e. The number of carbonyl (C=O) groups is 6. The normalized spacial score (nSPS) is 11.8.